The van der Waals surface area contributed by atoms with E-state index in [1.807, 2.05) is 23.5 Å². The van der Waals surface area contributed by atoms with Gasteiger partial charge < -0.3 is 4.90 Å². The van der Waals surface area contributed by atoms with E-state index in [1.54, 1.807) is 0 Å². The summed E-state index contributed by atoms with van der Waals surface area (Å²) < 4.78 is 0. The zero-order valence-corrected chi connectivity index (χ0v) is 43.9. The van der Waals surface area contributed by atoms with E-state index in [-0.39, 0.29) is 0 Å². The molecule has 1 nitrogen and oxygen atoms in total. The third-order valence-corrected chi connectivity index (χ3v) is 20.7. The summed E-state index contributed by atoms with van der Waals surface area (Å²) in [5, 5.41) is 0. The molecule has 0 radical (unpaired) electrons. The van der Waals surface area contributed by atoms with Crippen molar-refractivity contribution in [3.8, 4) is 44.5 Å². The minimum atomic E-state index is -0.546. The van der Waals surface area contributed by atoms with Crippen LogP contribution in [0.2, 0.25) is 0 Å². The molecule has 0 saturated heterocycles. The van der Waals surface area contributed by atoms with Crippen LogP contribution in [0.25, 0.3) is 44.5 Å². The summed E-state index contributed by atoms with van der Waals surface area (Å²) in [5.41, 5.74) is 28.1. The maximum atomic E-state index is 2.64. The molecule has 78 heavy (non-hydrogen) atoms. The molecule has 0 N–H and O–H groups in total. The van der Waals surface area contributed by atoms with Crippen molar-refractivity contribution < 1.29 is 0 Å². The molecule has 6 aliphatic rings. The van der Waals surface area contributed by atoms with Gasteiger partial charge in [-0.3, -0.25) is 0 Å². The first-order valence-corrected chi connectivity index (χ1v) is 28.8. The van der Waals surface area contributed by atoms with Gasteiger partial charge in [0.15, 0.2) is 0 Å². The first kappa shape index (κ1) is 43.3. The topological polar surface area (TPSA) is 3.24 Å². The molecule has 2 aliphatic heterocycles. The van der Waals surface area contributed by atoms with Crippen molar-refractivity contribution in [3.05, 3.63) is 340 Å². The van der Waals surface area contributed by atoms with Gasteiger partial charge in [0.05, 0.1) is 21.9 Å². The van der Waals surface area contributed by atoms with Crippen LogP contribution < -0.4 is 4.90 Å². The fraction of sp³-hybridized carbons (Fsp3) is 0.0400. The van der Waals surface area contributed by atoms with Crippen LogP contribution >= 0.6 is 23.5 Å². The maximum absolute atomic E-state index is 2.64. The van der Waals surface area contributed by atoms with Gasteiger partial charge >= 0.3 is 0 Å². The first-order chi connectivity index (χ1) is 38.7. The predicted octanol–water partition coefficient (Wildman–Crippen LogP) is 19.2. The molecule has 2 heterocycles. The van der Waals surface area contributed by atoms with E-state index in [0.29, 0.717) is 0 Å². The highest BCUT2D eigenvalue weighted by molar-refractivity contribution is 7.99. The molecular formula is C75H45NS2. The second-order valence-electron chi connectivity index (χ2n) is 21.7. The second kappa shape index (κ2) is 15.6. The zero-order valence-electron chi connectivity index (χ0n) is 42.2. The van der Waals surface area contributed by atoms with E-state index < -0.39 is 16.2 Å². The van der Waals surface area contributed by atoms with Crippen molar-refractivity contribution >= 4 is 40.6 Å². The summed E-state index contributed by atoms with van der Waals surface area (Å²) in [5.74, 6) is 0. The van der Waals surface area contributed by atoms with Crippen molar-refractivity contribution in [2.75, 3.05) is 4.90 Å². The Morgan fingerprint density at radius 3 is 0.885 bits per heavy atom. The van der Waals surface area contributed by atoms with Gasteiger partial charge in [-0.25, -0.2) is 0 Å². The Kier molecular flexibility index (Phi) is 8.68. The fourth-order valence-electron chi connectivity index (χ4n) is 15.7. The van der Waals surface area contributed by atoms with Crippen LogP contribution in [0.4, 0.5) is 17.1 Å². The summed E-state index contributed by atoms with van der Waals surface area (Å²) in [6.45, 7) is 0. The van der Waals surface area contributed by atoms with Gasteiger partial charge in [0, 0.05) is 36.5 Å². The Balaban J connectivity index is 0.962. The van der Waals surface area contributed by atoms with Crippen LogP contribution in [0, 0.1) is 0 Å². The standard InChI is InChI=1S/C75H45NS2/c1-6-25-55-48(20-1)49-21-2-7-26-56(49)73(55)59-29-10-5-24-54(59)72-64(73)34-19-35-67(72)76(46-40-42-52-50-22-3-8-27-57(50)74(65(52)44-46)60-30-11-15-36-68(60)77-69-37-16-12-31-61(69)74)47-41-43-53-51-23-4-9-28-58(51)75(66(53)45-47)62-32-13-17-38-70(62)78-71-39-18-14-33-63(71)75/h1-45H. The molecule has 3 spiro atoms. The highest BCUT2D eigenvalue weighted by atomic mass is 32.2. The maximum Gasteiger partial charge on any atom is 0.0736 e. The molecule has 0 amide bonds. The van der Waals surface area contributed by atoms with E-state index >= 15 is 0 Å². The number of anilines is 3. The largest absolute Gasteiger partial charge is 0.310 e. The average Bonchev–Trinajstić information content (AvgIpc) is 3.74. The molecular weight excluding hydrogens is 979 g/mol. The molecule has 0 atom stereocenters. The Bertz CT molecular complexity index is 4290. The Hall–Kier alpha value is -8.86. The van der Waals surface area contributed by atoms with Crippen molar-refractivity contribution in [2.24, 2.45) is 0 Å². The number of hydrogen-bond acceptors (Lipinski definition) is 3. The van der Waals surface area contributed by atoms with Crippen LogP contribution in [0.15, 0.2) is 293 Å². The first-order valence-electron chi connectivity index (χ1n) is 27.2. The normalized spacial score (nSPS) is 15.4. The molecule has 0 aromatic heterocycles. The summed E-state index contributed by atoms with van der Waals surface area (Å²) in [6.07, 6.45) is 0. The van der Waals surface area contributed by atoms with Gasteiger partial charge in [-0.15, -0.1) is 0 Å². The minimum absolute atomic E-state index is 0.506. The summed E-state index contributed by atoms with van der Waals surface area (Å²) in [4.78, 5) is 7.85. The van der Waals surface area contributed by atoms with Crippen LogP contribution in [0.1, 0.15) is 66.8 Å². The number of rotatable bonds is 3. The quantitative estimate of drug-likeness (QED) is 0.174. The monoisotopic (exact) mass is 1020 g/mol. The number of hydrogen-bond donors (Lipinski definition) is 0. The van der Waals surface area contributed by atoms with Gasteiger partial charge in [0.25, 0.3) is 0 Å². The molecule has 0 bridgehead atoms. The lowest BCUT2D eigenvalue weighted by atomic mass is 9.67. The van der Waals surface area contributed by atoms with Gasteiger partial charge in [0.2, 0.25) is 0 Å². The Morgan fingerprint density at radius 2 is 0.500 bits per heavy atom. The van der Waals surface area contributed by atoms with Gasteiger partial charge in [-0.05, 0) is 160 Å². The summed E-state index contributed by atoms with van der Waals surface area (Å²) in [7, 11) is 0. The molecule has 0 fully saturated rings. The number of benzene rings is 12. The van der Waals surface area contributed by atoms with Crippen molar-refractivity contribution in [1.82, 2.24) is 0 Å². The van der Waals surface area contributed by atoms with Gasteiger partial charge in [0.1, 0.15) is 0 Å². The smallest absolute Gasteiger partial charge is 0.0736 e. The summed E-state index contributed by atoms with van der Waals surface area (Å²) >= 11 is 3.80. The highest BCUT2D eigenvalue weighted by Gasteiger charge is 2.55. The molecule has 4 aliphatic carbocycles. The zero-order chi connectivity index (χ0) is 50.9. The minimum Gasteiger partial charge on any atom is -0.310 e. The number of nitrogens with zero attached hydrogens (tertiary/aromatic N) is 1. The van der Waals surface area contributed by atoms with Crippen LogP contribution in [0.3, 0.4) is 0 Å². The van der Waals surface area contributed by atoms with Crippen molar-refractivity contribution in [1.29, 1.82) is 0 Å². The lowest BCUT2D eigenvalue weighted by molar-refractivity contribution is 0.721. The molecule has 12 aromatic carbocycles. The molecule has 12 aromatic rings. The molecule has 18 rings (SSSR count). The average molecular weight is 1020 g/mol. The van der Waals surface area contributed by atoms with Gasteiger partial charge in [-0.2, -0.15) is 0 Å². The van der Waals surface area contributed by atoms with Crippen LogP contribution in [0.5, 0.6) is 0 Å². The Labute approximate surface area is 462 Å². The van der Waals surface area contributed by atoms with E-state index in [4.69, 9.17) is 0 Å². The van der Waals surface area contributed by atoms with Gasteiger partial charge in [-0.1, -0.05) is 242 Å². The second-order valence-corrected chi connectivity index (χ2v) is 23.8. The van der Waals surface area contributed by atoms with Crippen LogP contribution in [-0.2, 0) is 16.2 Å². The van der Waals surface area contributed by atoms with E-state index in [0.717, 1.165) is 17.1 Å². The third-order valence-electron chi connectivity index (χ3n) is 18.4. The summed E-state index contributed by atoms with van der Waals surface area (Å²) in [6, 6.07) is 105. The Morgan fingerprint density at radius 1 is 0.218 bits per heavy atom. The highest BCUT2D eigenvalue weighted by Crippen LogP contribution is 2.68. The SMILES string of the molecule is c1ccc2c(c1)Sc1ccccc1C21c2ccccc2-c2ccc(N(c3ccc4c(c3)C3(c5ccccc5Sc5ccccc53)c3ccccc3-4)c3cccc4c3-c3ccccc3C43c4ccccc4-c4ccccc43)cc21. The lowest BCUT2D eigenvalue weighted by Gasteiger charge is -2.40. The van der Waals surface area contributed by atoms with Crippen molar-refractivity contribution in [2.45, 2.75) is 35.8 Å². The van der Waals surface area contributed by atoms with Crippen LogP contribution in [-0.4, -0.2) is 0 Å². The molecule has 362 valence electrons. The fourth-order valence-corrected chi connectivity index (χ4v) is 18.1. The lowest BCUT2D eigenvalue weighted by Crippen LogP contribution is -2.32. The number of fused-ring (bicyclic) bond motifs is 28. The van der Waals surface area contributed by atoms with Crippen molar-refractivity contribution in [3.63, 3.8) is 0 Å². The molecule has 0 unspecified atom stereocenters. The van der Waals surface area contributed by atoms with E-state index in [9.17, 15) is 0 Å². The third kappa shape index (κ3) is 5.18. The molecule has 3 heteroatoms. The van der Waals surface area contributed by atoms with E-state index in [2.05, 4.69) is 278 Å². The molecule has 0 saturated carbocycles. The predicted molar refractivity (Wildman–Crippen MR) is 320 cm³/mol. The van der Waals surface area contributed by atoms with E-state index in [1.165, 1.54) is 131 Å².